The fraction of sp³-hybridized carbons (Fsp3) is 0.316. The number of hydrogen-bond donors (Lipinski definition) is 1. The van der Waals surface area contributed by atoms with E-state index in [2.05, 4.69) is 17.1 Å². The molecule has 1 unspecified atom stereocenters. The predicted molar refractivity (Wildman–Crippen MR) is 99.6 cm³/mol. The topological polar surface area (TPSA) is 32.3 Å². The van der Waals surface area contributed by atoms with Gasteiger partial charge in [0.05, 0.1) is 17.3 Å². The number of amides is 1. The van der Waals surface area contributed by atoms with Crippen molar-refractivity contribution in [3.63, 3.8) is 0 Å². The van der Waals surface area contributed by atoms with E-state index in [1.165, 1.54) is 18.2 Å². The average Bonchev–Trinajstić information content (AvgIpc) is 3.40. The van der Waals surface area contributed by atoms with Gasteiger partial charge in [-0.1, -0.05) is 41.4 Å². The maximum Gasteiger partial charge on any atom is 0.238 e. The van der Waals surface area contributed by atoms with Gasteiger partial charge >= 0.3 is 0 Å². The van der Waals surface area contributed by atoms with Crippen LogP contribution in [0.4, 0.5) is 10.1 Å². The van der Waals surface area contributed by atoms with Crippen molar-refractivity contribution < 1.29 is 9.18 Å². The molecule has 0 saturated heterocycles. The lowest BCUT2D eigenvalue weighted by Gasteiger charge is -2.29. The highest BCUT2D eigenvalue weighted by atomic mass is 35.5. The summed E-state index contributed by atoms with van der Waals surface area (Å²) in [6.45, 7) is 2.28. The molecule has 1 atom stereocenters. The molecule has 1 N–H and O–H groups in total. The molecule has 25 heavy (non-hydrogen) atoms. The molecule has 3 nitrogen and oxygen atoms in total. The first-order valence-electron chi connectivity index (χ1n) is 8.21. The molecule has 1 aliphatic rings. The number of nitrogens with zero attached hydrogens (tertiary/aromatic N) is 1. The Kier molecular flexibility index (Phi) is 5.62. The zero-order chi connectivity index (χ0) is 18.0. The van der Waals surface area contributed by atoms with E-state index in [9.17, 15) is 9.18 Å². The Morgan fingerprint density at radius 2 is 1.96 bits per heavy atom. The molecule has 2 aromatic rings. The van der Waals surface area contributed by atoms with Gasteiger partial charge in [-0.25, -0.2) is 4.39 Å². The summed E-state index contributed by atoms with van der Waals surface area (Å²) in [7, 11) is 0. The summed E-state index contributed by atoms with van der Waals surface area (Å²) in [5, 5.41) is 3.64. The van der Waals surface area contributed by atoms with Crippen molar-refractivity contribution in [2.45, 2.75) is 31.8 Å². The molecule has 0 spiro atoms. The van der Waals surface area contributed by atoms with Crippen LogP contribution in [0.5, 0.6) is 0 Å². The number of carbonyl (C=O) groups is 1. The number of rotatable bonds is 6. The Balaban J connectivity index is 1.71. The Hall–Kier alpha value is -1.62. The van der Waals surface area contributed by atoms with Crippen LogP contribution in [-0.2, 0) is 4.79 Å². The average molecular weight is 381 g/mol. The van der Waals surface area contributed by atoms with E-state index in [0.29, 0.717) is 16.8 Å². The van der Waals surface area contributed by atoms with Crippen molar-refractivity contribution in [2.75, 3.05) is 11.9 Å². The summed E-state index contributed by atoms with van der Waals surface area (Å²) in [5.74, 6) is -0.616. The van der Waals surface area contributed by atoms with Gasteiger partial charge in [-0.15, -0.1) is 0 Å². The maximum atomic E-state index is 13.1. The number of benzene rings is 2. The molecule has 0 aromatic heterocycles. The first-order valence-corrected chi connectivity index (χ1v) is 8.96. The van der Waals surface area contributed by atoms with Crippen LogP contribution in [0.1, 0.15) is 31.4 Å². The molecule has 1 fully saturated rings. The van der Waals surface area contributed by atoms with Crippen molar-refractivity contribution in [1.82, 2.24) is 4.90 Å². The van der Waals surface area contributed by atoms with Crippen LogP contribution in [0.25, 0.3) is 0 Å². The van der Waals surface area contributed by atoms with Crippen LogP contribution in [0.15, 0.2) is 42.5 Å². The second-order valence-corrected chi connectivity index (χ2v) is 7.09. The minimum Gasteiger partial charge on any atom is -0.324 e. The van der Waals surface area contributed by atoms with Crippen molar-refractivity contribution in [3.05, 3.63) is 63.9 Å². The fourth-order valence-electron chi connectivity index (χ4n) is 2.93. The molecule has 6 heteroatoms. The largest absolute Gasteiger partial charge is 0.324 e. The second kappa shape index (κ2) is 7.73. The molecule has 2 aromatic carbocycles. The molecular formula is C19H19Cl2FN2O. The SMILES string of the molecule is CC(c1ccccc1Cl)N(CC(=O)Nc1ccc(F)cc1Cl)C1CC1. The minimum absolute atomic E-state index is 0.0237. The zero-order valence-corrected chi connectivity index (χ0v) is 15.3. The Morgan fingerprint density at radius 3 is 2.60 bits per heavy atom. The molecule has 0 bridgehead atoms. The van der Waals surface area contributed by atoms with Gasteiger partial charge in [0.2, 0.25) is 5.91 Å². The van der Waals surface area contributed by atoms with Gasteiger partial charge in [0.15, 0.2) is 0 Å². The zero-order valence-electron chi connectivity index (χ0n) is 13.8. The molecule has 0 heterocycles. The molecule has 132 valence electrons. The fourth-order valence-corrected chi connectivity index (χ4v) is 3.44. The normalized spacial score (nSPS) is 15.2. The summed E-state index contributed by atoms with van der Waals surface area (Å²) in [5.41, 5.74) is 1.41. The lowest BCUT2D eigenvalue weighted by Crippen LogP contribution is -2.37. The van der Waals surface area contributed by atoms with E-state index in [4.69, 9.17) is 23.2 Å². The van der Waals surface area contributed by atoms with Crippen LogP contribution in [0, 0.1) is 5.82 Å². The molecular weight excluding hydrogens is 362 g/mol. The van der Waals surface area contributed by atoms with Gasteiger partial charge in [0.25, 0.3) is 0 Å². The van der Waals surface area contributed by atoms with Crippen LogP contribution in [-0.4, -0.2) is 23.4 Å². The first kappa shape index (κ1) is 18.2. The smallest absolute Gasteiger partial charge is 0.238 e. The first-order chi connectivity index (χ1) is 12.0. The Labute approximate surface area is 156 Å². The number of halogens is 3. The third-order valence-electron chi connectivity index (χ3n) is 4.40. The lowest BCUT2D eigenvalue weighted by atomic mass is 10.1. The third kappa shape index (κ3) is 4.51. The van der Waals surface area contributed by atoms with Crippen molar-refractivity contribution >= 4 is 34.8 Å². The molecule has 1 aliphatic carbocycles. The van der Waals surface area contributed by atoms with Crippen LogP contribution in [0.2, 0.25) is 10.0 Å². The Bertz CT molecular complexity index is 780. The summed E-state index contributed by atoms with van der Waals surface area (Å²) >= 11 is 12.3. The standard InChI is InChI=1S/C19H19Cl2FN2O/c1-12(15-4-2-3-5-16(15)20)24(14-7-8-14)11-19(25)23-18-9-6-13(22)10-17(18)21/h2-6,9-10,12,14H,7-8,11H2,1H3,(H,23,25). The Morgan fingerprint density at radius 1 is 1.24 bits per heavy atom. The highest BCUT2D eigenvalue weighted by molar-refractivity contribution is 6.33. The van der Waals surface area contributed by atoms with Crippen molar-refractivity contribution in [1.29, 1.82) is 0 Å². The monoisotopic (exact) mass is 380 g/mol. The van der Waals surface area contributed by atoms with Crippen LogP contribution >= 0.6 is 23.2 Å². The number of anilines is 1. The van der Waals surface area contributed by atoms with Gasteiger partial charge in [0, 0.05) is 17.1 Å². The van der Waals surface area contributed by atoms with E-state index in [1.54, 1.807) is 0 Å². The van der Waals surface area contributed by atoms with Crippen LogP contribution in [0.3, 0.4) is 0 Å². The summed E-state index contributed by atoms with van der Waals surface area (Å²) in [4.78, 5) is 14.6. The third-order valence-corrected chi connectivity index (χ3v) is 5.06. The van der Waals surface area contributed by atoms with E-state index >= 15 is 0 Å². The van der Waals surface area contributed by atoms with E-state index < -0.39 is 5.82 Å². The van der Waals surface area contributed by atoms with Gasteiger partial charge in [0.1, 0.15) is 5.82 Å². The molecule has 0 radical (unpaired) electrons. The molecule has 3 rings (SSSR count). The van der Waals surface area contributed by atoms with Crippen LogP contribution < -0.4 is 5.32 Å². The lowest BCUT2D eigenvalue weighted by molar-refractivity contribution is -0.118. The van der Waals surface area contributed by atoms with Gasteiger partial charge < -0.3 is 5.32 Å². The van der Waals surface area contributed by atoms with Crippen molar-refractivity contribution in [2.24, 2.45) is 0 Å². The van der Waals surface area contributed by atoms with Crippen molar-refractivity contribution in [3.8, 4) is 0 Å². The van der Waals surface area contributed by atoms with Gasteiger partial charge in [-0.3, -0.25) is 9.69 Å². The van der Waals surface area contributed by atoms with E-state index in [1.807, 2.05) is 24.3 Å². The highest BCUT2D eigenvalue weighted by Crippen LogP contribution is 2.36. The number of hydrogen-bond acceptors (Lipinski definition) is 2. The number of carbonyl (C=O) groups excluding carboxylic acids is 1. The molecule has 0 aliphatic heterocycles. The second-order valence-electron chi connectivity index (χ2n) is 6.27. The quantitative estimate of drug-likeness (QED) is 0.737. The van der Waals surface area contributed by atoms with E-state index in [0.717, 1.165) is 18.4 Å². The maximum absolute atomic E-state index is 13.1. The summed E-state index contributed by atoms with van der Waals surface area (Å²) < 4.78 is 13.1. The number of nitrogens with one attached hydrogen (secondary N) is 1. The molecule has 1 saturated carbocycles. The highest BCUT2D eigenvalue weighted by Gasteiger charge is 2.34. The predicted octanol–water partition coefficient (Wildman–Crippen LogP) is 5.30. The van der Waals surface area contributed by atoms with Gasteiger partial charge in [-0.2, -0.15) is 0 Å². The summed E-state index contributed by atoms with van der Waals surface area (Å²) in [6, 6.07) is 12.0. The van der Waals surface area contributed by atoms with E-state index in [-0.39, 0.29) is 23.5 Å². The van der Waals surface area contributed by atoms with Gasteiger partial charge in [-0.05, 0) is 49.6 Å². The summed E-state index contributed by atoms with van der Waals surface area (Å²) in [6.07, 6.45) is 2.14. The minimum atomic E-state index is -0.435. The molecule has 1 amide bonds.